The molecule has 0 aromatic heterocycles. The Bertz CT molecular complexity index is 465. The number of nitrogens with one attached hydrogen (secondary N) is 1. The van der Waals surface area contributed by atoms with Crippen molar-refractivity contribution in [3.05, 3.63) is 23.8 Å². The van der Waals surface area contributed by atoms with Crippen LogP contribution in [0.4, 0.5) is 11.4 Å². The maximum Gasteiger partial charge on any atom is 0.225 e. The van der Waals surface area contributed by atoms with Crippen molar-refractivity contribution in [2.45, 2.75) is 33.1 Å². The number of hydrogen-bond donors (Lipinski definition) is 2. The highest BCUT2D eigenvalue weighted by Crippen LogP contribution is 2.21. The van der Waals surface area contributed by atoms with Crippen LogP contribution in [0.25, 0.3) is 0 Å². The number of anilines is 2. The summed E-state index contributed by atoms with van der Waals surface area (Å²) < 4.78 is 0. The fourth-order valence-corrected chi connectivity index (χ4v) is 2.55. The number of rotatable bonds is 4. The SMILES string of the molecule is Cc1c(N)cccc1NC(=O)CCN1CCC(C)CC1. The predicted octanol–water partition coefficient (Wildman–Crippen LogP) is 2.64. The average molecular weight is 275 g/mol. The molecular formula is C16H25N3O. The number of nitrogen functional groups attached to an aromatic ring is 1. The van der Waals surface area contributed by atoms with E-state index in [1.807, 2.05) is 25.1 Å². The van der Waals surface area contributed by atoms with Crippen LogP contribution >= 0.6 is 0 Å². The lowest BCUT2D eigenvalue weighted by Crippen LogP contribution is -2.35. The molecule has 1 aromatic carbocycles. The summed E-state index contributed by atoms with van der Waals surface area (Å²) in [5.41, 5.74) is 8.32. The zero-order chi connectivity index (χ0) is 14.5. The van der Waals surface area contributed by atoms with Gasteiger partial charge >= 0.3 is 0 Å². The lowest BCUT2D eigenvalue weighted by atomic mass is 9.99. The number of nitrogens with two attached hydrogens (primary N) is 1. The Balaban J connectivity index is 1.79. The molecule has 2 rings (SSSR count). The maximum atomic E-state index is 12.0. The molecule has 0 bridgehead atoms. The molecule has 1 saturated heterocycles. The van der Waals surface area contributed by atoms with E-state index in [1.54, 1.807) is 0 Å². The molecular weight excluding hydrogens is 250 g/mol. The van der Waals surface area contributed by atoms with Gasteiger partial charge < -0.3 is 16.0 Å². The minimum atomic E-state index is 0.0670. The molecule has 1 heterocycles. The summed E-state index contributed by atoms with van der Waals surface area (Å²) in [7, 11) is 0. The monoisotopic (exact) mass is 275 g/mol. The van der Waals surface area contributed by atoms with Crippen LogP contribution in [0.3, 0.4) is 0 Å². The Kier molecular flexibility index (Phi) is 5.01. The van der Waals surface area contributed by atoms with E-state index in [9.17, 15) is 4.79 Å². The molecule has 1 fully saturated rings. The molecule has 3 N–H and O–H groups in total. The lowest BCUT2D eigenvalue weighted by Gasteiger charge is -2.29. The van der Waals surface area contributed by atoms with Gasteiger partial charge in [-0.3, -0.25) is 4.79 Å². The van der Waals surface area contributed by atoms with E-state index in [4.69, 9.17) is 5.73 Å². The van der Waals surface area contributed by atoms with Gasteiger partial charge in [0.1, 0.15) is 0 Å². The molecule has 1 aliphatic heterocycles. The van der Waals surface area contributed by atoms with Crippen molar-refractivity contribution in [3.8, 4) is 0 Å². The molecule has 0 radical (unpaired) electrons. The van der Waals surface area contributed by atoms with Crippen molar-refractivity contribution in [3.63, 3.8) is 0 Å². The van der Waals surface area contributed by atoms with Gasteiger partial charge in [-0.25, -0.2) is 0 Å². The lowest BCUT2D eigenvalue weighted by molar-refractivity contribution is -0.116. The van der Waals surface area contributed by atoms with Gasteiger partial charge in [-0.15, -0.1) is 0 Å². The van der Waals surface area contributed by atoms with Crippen LogP contribution < -0.4 is 11.1 Å². The fraction of sp³-hybridized carbons (Fsp3) is 0.562. The van der Waals surface area contributed by atoms with Crippen molar-refractivity contribution in [2.75, 3.05) is 30.7 Å². The number of carbonyl (C=O) groups is 1. The Labute approximate surface area is 121 Å². The summed E-state index contributed by atoms with van der Waals surface area (Å²) in [6.07, 6.45) is 3.04. The Morgan fingerprint density at radius 2 is 2.10 bits per heavy atom. The highest BCUT2D eigenvalue weighted by atomic mass is 16.1. The first-order valence-electron chi connectivity index (χ1n) is 7.43. The predicted molar refractivity (Wildman–Crippen MR) is 83.7 cm³/mol. The van der Waals surface area contributed by atoms with Crippen LogP contribution in [0.1, 0.15) is 31.7 Å². The van der Waals surface area contributed by atoms with Crippen molar-refractivity contribution < 1.29 is 4.79 Å². The van der Waals surface area contributed by atoms with Gasteiger partial charge in [0.05, 0.1) is 0 Å². The molecule has 4 heteroatoms. The van der Waals surface area contributed by atoms with Gasteiger partial charge in [0.15, 0.2) is 0 Å². The number of hydrogen-bond acceptors (Lipinski definition) is 3. The summed E-state index contributed by atoms with van der Waals surface area (Å²) >= 11 is 0. The summed E-state index contributed by atoms with van der Waals surface area (Å²) in [5, 5.41) is 2.95. The number of amides is 1. The quantitative estimate of drug-likeness (QED) is 0.831. The molecule has 1 aromatic rings. The Morgan fingerprint density at radius 3 is 2.80 bits per heavy atom. The van der Waals surface area contributed by atoms with E-state index in [0.717, 1.165) is 36.8 Å². The molecule has 4 nitrogen and oxygen atoms in total. The third-order valence-electron chi connectivity index (χ3n) is 4.18. The highest BCUT2D eigenvalue weighted by Gasteiger charge is 2.16. The molecule has 20 heavy (non-hydrogen) atoms. The molecule has 1 amide bonds. The fourth-order valence-electron chi connectivity index (χ4n) is 2.55. The zero-order valence-electron chi connectivity index (χ0n) is 12.5. The number of piperidine rings is 1. The van der Waals surface area contributed by atoms with Gasteiger partial charge in [-0.05, 0) is 56.5 Å². The molecule has 0 aliphatic carbocycles. The number of nitrogens with zero attached hydrogens (tertiary/aromatic N) is 1. The first kappa shape index (κ1) is 14.9. The standard InChI is InChI=1S/C16H25N3O/c1-12-6-9-19(10-7-12)11-8-16(20)18-15-5-3-4-14(17)13(15)2/h3-5,12H,6-11,17H2,1-2H3,(H,18,20). The third kappa shape index (κ3) is 3.97. The largest absolute Gasteiger partial charge is 0.398 e. The van der Waals surface area contributed by atoms with Gasteiger partial charge in [0, 0.05) is 24.3 Å². The second-order valence-electron chi connectivity index (χ2n) is 5.84. The number of likely N-dealkylation sites (tertiary alicyclic amines) is 1. The van der Waals surface area contributed by atoms with E-state index in [-0.39, 0.29) is 5.91 Å². The molecule has 1 aliphatic rings. The smallest absolute Gasteiger partial charge is 0.225 e. The van der Waals surface area contributed by atoms with Gasteiger partial charge in [0.2, 0.25) is 5.91 Å². The van der Waals surface area contributed by atoms with Crippen molar-refractivity contribution in [2.24, 2.45) is 5.92 Å². The average Bonchev–Trinajstić information content (AvgIpc) is 2.43. The molecule has 0 spiro atoms. The maximum absolute atomic E-state index is 12.0. The van der Waals surface area contributed by atoms with E-state index < -0.39 is 0 Å². The number of benzene rings is 1. The van der Waals surface area contributed by atoms with Crippen LogP contribution in [-0.2, 0) is 4.79 Å². The molecule has 110 valence electrons. The topological polar surface area (TPSA) is 58.4 Å². The van der Waals surface area contributed by atoms with E-state index in [0.29, 0.717) is 12.1 Å². The highest BCUT2D eigenvalue weighted by molar-refractivity contribution is 5.92. The summed E-state index contributed by atoms with van der Waals surface area (Å²) in [5.74, 6) is 0.896. The van der Waals surface area contributed by atoms with Crippen LogP contribution in [0.15, 0.2) is 18.2 Å². The summed E-state index contributed by atoms with van der Waals surface area (Å²) in [4.78, 5) is 14.4. The first-order chi connectivity index (χ1) is 9.56. The second-order valence-corrected chi connectivity index (χ2v) is 5.84. The van der Waals surface area contributed by atoms with Crippen LogP contribution in [-0.4, -0.2) is 30.4 Å². The van der Waals surface area contributed by atoms with Crippen LogP contribution in [0.5, 0.6) is 0 Å². The van der Waals surface area contributed by atoms with Gasteiger partial charge in [0.25, 0.3) is 0 Å². The number of carbonyl (C=O) groups excluding carboxylic acids is 1. The van der Waals surface area contributed by atoms with Crippen molar-refractivity contribution >= 4 is 17.3 Å². The zero-order valence-corrected chi connectivity index (χ0v) is 12.5. The molecule has 0 saturated carbocycles. The summed E-state index contributed by atoms with van der Waals surface area (Å²) in [6, 6.07) is 5.61. The summed E-state index contributed by atoms with van der Waals surface area (Å²) in [6.45, 7) is 7.31. The van der Waals surface area contributed by atoms with E-state index >= 15 is 0 Å². The van der Waals surface area contributed by atoms with E-state index in [2.05, 4.69) is 17.1 Å². The van der Waals surface area contributed by atoms with Crippen LogP contribution in [0, 0.1) is 12.8 Å². The van der Waals surface area contributed by atoms with Crippen LogP contribution in [0.2, 0.25) is 0 Å². The Morgan fingerprint density at radius 1 is 1.40 bits per heavy atom. The van der Waals surface area contributed by atoms with Gasteiger partial charge in [-0.2, -0.15) is 0 Å². The first-order valence-corrected chi connectivity index (χ1v) is 7.43. The minimum Gasteiger partial charge on any atom is -0.398 e. The van der Waals surface area contributed by atoms with Crippen molar-refractivity contribution in [1.29, 1.82) is 0 Å². The van der Waals surface area contributed by atoms with E-state index in [1.165, 1.54) is 12.8 Å². The van der Waals surface area contributed by atoms with Crippen molar-refractivity contribution in [1.82, 2.24) is 4.90 Å². The Hall–Kier alpha value is -1.55. The second kappa shape index (κ2) is 6.75. The molecule has 0 unspecified atom stereocenters. The molecule has 0 atom stereocenters. The normalized spacial score (nSPS) is 17.1. The minimum absolute atomic E-state index is 0.0670. The van der Waals surface area contributed by atoms with Gasteiger partial charge in [-0.1, -0.05) is 13.0 Å². The third-order valence-corrected chi connectivity index (χ3v) is 4.18.